The molecule has 2 atom stereocenters. The zero-order valence-corrected chi connectivity index (χ0v) is 11.0. The van der Waals surface area contributed by atoms with E-state index in [1.165, 1.54) is 0 Å². The SMILES string of the molecule is NCC(=O)N[C@@H](CO)C(=O)N[C@@H](CO)C(=O)NCC(=O)O. The minimum atomic E-state index is -1.42. The summed E-state index contributed by atoms with van der Waals surface area (Å²) in [6.07, 6.45) is 0. The van der Waals surface area contributed by atoms with Crippen LogP contribution in [0, 0.1) is 0 Å². The van der Waals surface area contributed by atoms with E-state index in [1.807, 2.05) is 5.32 Å². The Balaban J connectivity index is 4.56. The van der Waals surface area contributed by atoms with Crippen LogP contribution in [-0.4, -0.2) is 77.4 Å². The summed E-state index contributed by atoms with van der Waals surface area (Å²) in [5.41, 5.74) is 5.03. The number of carbonyl (C=O) groups excluding carboxylic acids is 3. The molecule has 0 radical (unpaired) electrons. The minimum Gasteiger partial charge on any atom is -0.480 e. The number of carboxylic acid groups (broad SMARTS) is 1. The monoisotopic (exact) mass is 306 g/mol. The molecular formula is C10H18N4O7. The molecule has 0 bridgehead atoms. The van der Waals surface area contributed by atoms with E-state index in [0.717, 1.165) is 0 Å². The second-order valence-electron chi connectivity index (χ2n) is 3.86. The van der Waals surface area contributed by atoms with E-state index in [9.17, 15) is 19.2 Å². The third-order valence-electron chi connectivity index (χ3n) is 2.25. The summed E-state index contributed by atoms with van der Waals surface area (Å²) in [5, 5.41) is 32.5. The highest BCUT2D eigenvalue weighted by Crippen LogP contribution is 1.89. The lowest BCUT2D eigenvalue weighted by Gasteiger charge is -2.20. The Hall–Kier alpha value is -2.24. The number of aliphatic hydroxyl groups is 2. The third-order valence-corrected chi connectivity index (χ3v) is 2.25. The van der Waals surface area contributed by atoms with Gasteiger partial charge in [-0.1, -0.05) is 0 Å². The van der Waals surface area contributed by atoms with Crippen molar-refractivity contribution in [3.8, 4) is 0 Å². The fourth-order valence-corrected chi connectivity index (χ4v) is 1.20. The van der Waals surface area contributed by atoms with Crippen LogP contribution in [0.4, 0.5) is 0 Å². The highest BCUT2D eigenvalue weighted by molar-refractivity contribution is 5.93. The molecule has 3 amide bonds. The van der Waals surface area contributed by atoms with E-state index in [2.05, 4.69) is 10.6 Å². The topological polar surface area (TPSA) is 191 Å². The lowest BCUT2D eigenvalue weighted by Crippen LogP contribution is -2.56. The summed E-state index contributed by atoms with van der Waals surface area (Å²) >= 11 is 0. The Morgan fingerprint density at radius 3 is 1.90 bits per heavy atom. The van der Waals surface area contributed by atoms with Crippen LogP contribution in [0.1, 0.15) is 0 Å². The maximum absolute atomic E-state index is 11.7. The number of hydrogen-bond acceptors (Lipinski definition) is 7. The second-order valence-corrected chi connectivity index (χ2v) is 3.86. The van der Waals surface area contributed by atoms with Gasteiger partial charge in [0.2, 0.25) is 17.7 Å². The van der Waals surface area contributed by atoms with Gasteiger partial charge in [0.1, 0.15) is 18.6 Å². The van der Waals surface area contributed by atoms with Crippen LogP contribution in [0.15, 0.2) is 0 Å². The Labute approximate surface area is 119 Å². The first-order valence-electron chi connectivity index (χ1n) is 5.86. The van der Waals surface area contributed by atoms with Gasteiger partial charge in [0.15, 0.2) is 0 Å². The molecule has 8 N–H and O–H groups in total. The van der Waals surface area contributed by atoms with Crippen molar-refractivity contribution in [3.63, 3.8) is 0 Å². The summed E-state index contributed by atoms with van der Waals surface area (Å²) in [4.78, 5) is 44.5. The fraction of sp³-hybridized carbons (Fsp3) is 0.600. The lowest BCUT2D eigenvalue weighted by molar-refractivity contribution is -0.139. The number of amides is 3. The van der Waals surface area contributed by atoms with Crippen molar-refractivity contribution < 1.29 is 34.5 Å². The first-order valence-corrected chi connectivity index (χ1v) is 5.86. The minimum absolute atomic E-state index is 0.397. The summed E-state index contributed by atoms with van der Waals surface area (Å²) in [5.74, 6) is -3.84. The van der Waals surface area contributed by atoms with Gasteiger partial charge in [-0.3, -0.25) is 19.2 Å². The van der Waals surface area contributed by atoms with Gasteiger partial charge in [0.25, 0.3) is 0 Å². The molecule has 21 heavy (non-hydrogen) atoms. The van der Waals surface area contributed by atoms with E-state index >= 15 is 0 Å². The van der Waals surface area contributed by atoms with Crippen LogP contribution in [0.2, 0.25) is 0 Å². The molecule has 0 aliphatic carbocycles. The number of nitrogens with two attached hydrogens (primary N) is 1. The maximum Gasteiger partial charge on any atom is 0.322 e. The zero-order chi connectivity index (χ0) is 16.4. The molecule has 11 nitrogen and oxygen atoms in total. The van der Waals surface area contributed by atoms with E-state index in [0.29, 0.717) is 0 Å². The average molecular weight is 306 g/mol. The number of aliphatic hydroxyl groups excluding tert-OH is 2. The first kappa shape index (κ1) is 18.8. The number of carbonyl (C=O) groups is 4. The fourth-order valence-electron chi connectivity index (χ4n) is 1.20. The molecule has 0 saturated carbocycles. The molecule has 0 fully saturated rings. The Morgan fingerprint density at radius 1 is 0.952 bits per heavy atom. The average Bonchev–Trinajstić information content (AvgIpc) is 2.46. The number of carboxylic acids is 1. The predicted octanol–water partition coefficient (Wildman–Crippen LogP) is -4.90. The van der Waals surface area contributed by atoms with Crippen molar-refractivity contribution in [2.75, 3.05) is 26.3 Å². The molecule has 0 rings (SSSR count). The Morgan fingerprint density at radius 2 is 1.48 bits per heavy atom. The van der Waals surface area contributed by atoms with Crippen LogP contribution in [0.3, 0.4) is 0 Å². The van der Waals surface area contributed by atoms with Gasteiger partial charge in [-0.05, 0) is 0 Å². The molecule has 0 aliphatic rings. The first-order chi connectivity index (χ1) is 9.85. The van der Waals surface area contributed by atoms with Crippen LogP contribution < -0.4 is 21.7 Å². The van der Waals surface area contributed by atoms with Gasteiger partial charge >= 0.3 is 5.97 Å². The van der Waals surface area contributed by atoms with Gasteiger partial charge < -0.3 is 37.0 Å². The number of aliphatic carboxylic acids is 1. The summed E-state index contributed by atoms with van der Waals surface area (Å²) < 4.78 is 0. The second kappa shape index (κ2) is 9.63. The van der Waals surface area contributed by atoms with Crippen molar-refractivity contribution in [1.29, 1.82) is 0 Å². The van der Waals surface area contributed by atoms with Crippen LogP contribution >= 0.6 is 0 Å². The molecule has 120 valence electrons. The smallest absolute Gasteiger partial charge is 0.322 e. The van der Waals surface area contributed by atoms with Gasteiger partial charge in [0.05, 0.1) is 19.8 Å². The molecule has 0 aromatic carbocycles. The highest BCUT2D eigenvalue weighted by Gasteiger charge is 2.25. The molecule has 0 heterocycles. The summed E-state index contributed by atoms with van der Waals surface area (Å²) in [6, 6.07) is -2.76. The molecule has 0 aromatic rings. The predicted molar refractivity (Wildman–Crippen MR) is 67.7 cm³/mol. The largest absolute Gasteiger partial charge is 0.480 e. The standard InChI is InChI=1S/C10H18N4O7/c11-1-7(17)13-6(4-16)10(21)14-5(3-15)9(20)12-2-8(18)19/h5-6,15-16H,1-4,11H2,(H,12,20)(H,13,17)(H,14,21)(H,18,19)/t5-,6-/m0/s1. The maximum atomic E-state index is 11.7. The Bertz CT molecular complexity index is 401. The quantitative estimate of drug-likeness (QED) is 0.220. The van der Waals surface area contributed by atoms with Crippen molar-refractivity contribution >= 4 is 23.7 Å². The van der Waals surface area contributed by atoms with Crippen molar-refractivity contribution in [2.45, 2.75) is 12.1 Å². The summed E-state index contributed by atoms with van der Waals surface area (Å²) in [7, 11) is 0. The van der Waals surface area contributed by atoms with Crippen LogP contribution in [0.5, 0.6) is 0 Å². The number of nitrogens with one attached hydrogen (secondary N) is 3. The van der Waals surface area contributed by atoms with Crippen molar-refractivity contribution in [3.05, 3.63) is 0 Å². The van der Waals surface area contributed by atoms with E-state index in [4.69, 9.17) is 21.1 Å². The molecule has 0 spiro atoms. The molecule has 0 aliphatic heterocycles. The third kappa shape index (κ3) is 7.20. The van der Waals surface area contributed by atoms with E-state index in [-0.39, 0.29) is 0 Å². The van der Waals surface area contributed by atoms with Gasteiger partial charge in [0, 0.05) is 0 Å². The Kier molecular flexibility index (Phi) is 8.60. The van der Waals surface area contributed by atoms with Crippen molar-refractivity contribution in [1.82, 2.24) is 16.0 Å². The van der Waals surface area contributed by atoms with Gasteiger partial charge in [-0.2, -0.15) is 0 Å². The summed E-state index contributed by atoms with van der Waals surface area (Å²) in [6.45, 7) is -2.61. The lowest BCUT2D eigenvalue weighted by atomic mass is 10.2. The number of hydrogen-bond donors (Lipinski definition) is 7. The normalized spacial score (nSPS) is 12.9. The van der Waals surface area contributed by atoms with E-state index < -0.39 is 62.1 Å². The molecule has 0 aromatic heterocycles. The van der Waals surface area contributed by atoms with Crippen LogP contribution in [0.25, 0.3) is 0 Å². The number of rotatable bonds is 9. The zero-order valence-electron chi connectivity index (χ0n) is 11.0. The van der Waals surface area contributed by atoms with Gasteiger partial charge in [-0.15, -0.1) is 0 Å². The van der Waals surface area contributed by atoms with Crippen molar-refractivity contribution in [2.24, 2.45) is 5.73 Å². The van der Waals surface area contributed by atoms with E-state index in [1.54, 1.807) is 0 Å². The molecule has 11 heteroatoms. The molecule has 0 unspecified atom stereocenters. The van der Waals surface area contributed by atoms with Gasteiger partial charge in [-0.25, -0.2) is 0 Å². The highest BCUT2D eigenvalue weighted by atomic mass is 16.4. The van der Waals surface area contributed by atoms with Crippen LogP contribution in [-0.2, 0) is 19.2 Å². The molecular weight excluding hydrogens is 288 g/mol. The molecule has 0 saturated heterocycles.